The number of benzene rings is 5. The van der Waals surface area contributed by atoms with Crippen LogP contribution in [0.4, 0.5) is 0 Å². The number of para-hydroxylation sites is 1. The van der Waals surface area contributed by atoms with E-state index in [1.807, 2.05) is 36.5 Å². The zero-order valence-corrected chi connectivity index (χ0v) is 19.8. The minimum absolute atomic E-state index is 0.857. The van der Waals surface area contributed by atoms with Crippen molar-refractivity contribution in [2.24, 2.45) is 0 Å². The summed E-state index contributed by atoms with van der Waals surface area (Å²) in [5.74, 6) is 0. The van der Waals surface area contributed by atoms with Crippen LogP contribution in [0, 0.1) is 0 Å². The fourth-order valence-electron chi connectivity index (χ4n) is 5.59. The van der Waals surface area contributed by atoms with E-state index in [0.717, 1.165) is 55.0 Å². The number of nitrogens with zero attached hydrogens (tertiary/aromatic N) is 2. The van der Waals surface area contributed by atoms with E-state index in [2.05, 4.69) is 84.9 Å². The van der Waals surface area contributed by atoms with Crippen LogP contribution in [-0.4, -0.2) is 9.97 Å². The minimum Gasteiger partial charge on any atom is -0.455 e. The van der Waals surface area contributed by atoms with Gasteiger partial charge < -0.3 is 4.42 Å². The molecule has 0 aliphatic carbocycles. The van der Waals surface area contributed by atoms with E-state index in [9.17, 15) is 0 Å². The number of fused-ring (bicyclic) bond motifs is 8. The molecule has 3 heteroatoms. The molecule has 172 valence electrons. The van der Waals surface area contributed by atoms with E-state index in [1.165, 1.54) is 21.9 Å². The Labute approximate surface area is 212 Å². The van der Waals surface area contributed by atoms with Gasteiger partial charge in [-0.05, 0) is 46.2 Å². The van der Waals surface area contributed by atoms with Gasteiger partial charge in [-0.25, -0.2) is 4.98 Å². The van der Waals surface area contributed by atoms with E-state index >= 15 is 0 Å². The largest absolute Gasteiger partial charge is 0.455 e. The van der Waals surface area contributed by atoms with Gasteiger partial charge in [0.05, 0.1) is 16.6 Å². The molecule has 3 aromatic heterocycles. The Bertz CT molecular complexity index is 2130. The quantitative estimate of drug-likeness (QED) is 0.235. The lowest BCUT2D eigenvalue weighted by Gasteiger charge is -2.11. The zero-order chi connectivity index (χ0) is 24.3. The van der Waals surface area contributed by atoms with Crippen LogP contribution >= 0.6 is 0 Å². The van der Waals surface area contributed by atoms with Gasteiger partial charge in [0, 0.05) is 27.9 Å². The van der Waals surface area contributed by atoms with Crippen LogP contribution in [-0.2, 0) is 0 Å². The summed E-state index contributed by atoms with van der Waals surface area (Å²) < 4.78 is 6.41. The van der Waals surface area contributed by atoms with E-state index in [0.29, 0.717) is 0 Å². The highest BCUT2D eigenvalue weighted by atomic mass is 16.3. The Kier molecular flexibility index (Phi) is 4.23. The van der Waals surface area contributed by atoms with Crippen molar-refractivity contribution in [2.75, 3.05) is 0 Å². The molecular weight excluding hydrogens is 452 g/mol. The third kappa shape index (κ3) is 3.01. The van der Waals surface area contributed by atoms with Crippen LogP contribution < -0.4 is 0 Å². The van der Waals surface area contributed by atoms with Crippen LogP contribution in [0.1, 0.15) is 0 Å². The molecule has 8 rings (SSSR count). The number of pyridine rings is 2. The van der Waals surface area contributed by atoms with Crippen molar-refractivity contribution in [3.05, 3.63) is 121 Å². The summed E-state index contributed by atoms with van der Waals surface area (Å²) in [6.07, 6.45) is 1.82. The highest BCUT2D eigenvalue weighted by Crippen LogP contribution is 2.40. The molecule has 0 unspecified atom stereocenters. The predicted molar refractivity (Wildman–Crippen MR) is 153 cm³/mol. The number of hydrogen-bond donors (Lipinski definition) is 0. The summed E-state index contributed by atoms with van der Waals surface area (Å²) in [5, 5.41) is 6.75. The molecule has 0 saturated heterocycles. The summed E-state index contributed by atoms with van der Waals surface area (Å²) >= 11 is 0. The second kappa shape index (κ2) is 7.74. The average molecular weight is 473 g/mol. The maximum Gasteiger partial charge on any atom is 0.145 e. The van der Waals surface area contributed by atoms with Gasteiger partial charge in [-0.3, -0.25) is 4.98 Å². The molecule has 3 heterocycles. The van der Waals surface area contributed by atoms with Gasteiger partial charge in [0.25, 0.3) is 0 Å². The lowest BCUT2D eigenvalue weighted by atomic mass is 9.95. The molecule has 0 amide bonds. The monoisotopic (exact) mass is 472 g/mol. The van der Waals surface area contributed by atoms with Crippen molar-refractivity contribution in [1.29, 1.82) is 0 Å². The third-order valence-corrected chi connectivity index (χ3v) is 7.32. The molecule has 0 bridgehead atoms. The summed E-state index contributed by atoms with van der Waals surface area (Å²) in [6, 6.07) is 40.2. The lowest BCUT2D eigenvalue weighted by Crippen LogP contribution is -1.92. The van der Waals surface area contributed by atoms with Gasteiger partial charge in [-0.15, -0.1) is 0 Å². The maximum atomic E-state index is 6.41. The summed E-state index contributed by atoms with van der Waals surface area (Å²) in [7, 11) is 0. The molecule has 0 fully saturated rings. The van der Waals surface area contributed by atoms with Crippen LogP contribution in [0.2, 0.25) is 0 Å². The lowest BCUT2D eigenvalue weighted by molar-refractivity contribution is 0.673. The molecule has 0 aliphatic heterocycles. The van der Waals surface area contributed by atoms with Crippen LogP contribution in [0.25, 0.3) is 76.9 Å². The number of furan rings is 1. The fourth-order valence-corrected chi connectivity index (χ4v) is 5.59. The van der Waals surface area contributed by atoms with Gasteiger partial charge in [-0.2, -0.15) is 0 Å². The van der Waals surface area contributed by atoms with Gasteiger partial charge in [0.1, 0.15) is 16.7 Å². The Balaban J connectivity index is 1.38. The standard InChI is InChI=1S/C34H20N2O/c1-2-9-24-21(7-1)8-5-11-25(24)22-14-16-23(17-15-22)32-28-19-18-27-26-10-3-4-13-30(26)37-34(27)31(28)33-29(36-32)12-6-20-35-33/h1-20H. The molecule has 0 saturated carbocycles. The van der Waals surface area contributed by atoms with Crippen LogP contribution in [0.15, 0.2) is 126 Å². The third-order valence-electron chi connectivity index (χ3n) is 7.32. The Hall–Kier alpha value is -5.02. The first-order valence-electron chi connectivity index (χ1n) is 12.4. The Morgan fingerprint density at radius 3 is 2.22 bits per heavy atom. The highest BCUT2D eigenvalue weighted by Gasteiger charge is 2.18. The van der Waals surface area contributed by atoms with Crippen molar-refractivity contribution in [2.45, 2.75) is 0 Å². The normalized spacial score (nSPS) is 11.8. The summed E-state index contributed by atoms with van der Waals surface area (Å²) in [6.45, 7) is 0. The predicted octanol–water partition coefficient (Wildman–Crippen LogP) is 9.17. The molecule has 0 N–H and O–H groups in total. The smallest absolute Gasteiger partial charge is 0.145 e. The van der Waals surface area contributed by atoms with Gasteiger partial charge in [0.15, 0.2) is 0 Å². The van der Waals surface area contributed by atoms with Crippen molar-refractivity contribution in [3.8, 4) is 22.4 Å². The van der Waals surface area contributed by atoms with Crippen molar-refractivity contribution < 1.29 is 4.42 Å². The van der Waals surface area contributed by atoms with Crippen molar-refractivity contribution in [1.82, 2.24) is 9.97 Å². The van der Waals surface area contributed by atoms with Gasteiger partial charge in [0.2, 0.25) is 0 Å². The molecule has 0 spiro atoms. The van der Waals surface area contributed by atoms with E-state index in [4.69, 9.17) is 14.4 Å². The van der Waals surface area contributed by atoms with E-state index in [1.54, 1.807) is 0 Å². The molecule has 37 heavy (non-hydrogen) atoms. The first kappa shape index (κ1) is 20.2. The molecule has 8 aromatic rings. The topological polar surface area (TPSA) is 38.9 Å². The number of hydrogen-bond acceptors (Lipinski definition) is 3. The maximum absolute atomic E-state index is 6.41. The number of rotatable bonds is 2. The first-order valence-corrected chi connectivity index (χ1v) is 12.4. The molecule has 0 aliphatic rings. The molecule has 0 radical (unpaired) electrons. The highest BCUT2D eigenvalue weighted by molar-refractivity contribution is 6.23. The number of aromatic nitrogens is 2. The second-order valence-corrected chi connectivity index (χ2v) is 9.40. The van der Waals surface area contributed by atoms with Crippen LogP contribution in [0.3, 0.4) is 0 Å². The zero-order valence-electron chi connectivity index (χ0n) is 19.8. The SMILES string of the molecule is c1ccc2c(-c3ccc(-c4nc5cccnc5c5c4ccc4c6ccccc6oc45)cc3)cccc2c1. The first-order chi connectivity index (χ1) is 18.3. The van der Waals surface area contributed by atoms with Gasteiger partial charge in [-0.1, -0.05) is 91.0 Å². The molecule has 3 nitrogen and oxygen atoms in total. The minimum atomic E-state index is 0.857. The molecule has 0 atom stereocenters. The summed E-state index contributed by atoms with van der Waals surface area (Å²) in [4.78, 5) is 9.81. The fraction of sp³-hybridized carbons (Fsp3) is 0. The Morgan fingerprint density at radius 2 is 1.30 bits per heavy atom. The average Bonchev–Trinajstić information content (AvgIpc) is 3.35. The van der Waals surface area contributed by atoms with Crippen LogP contribution in [0.5, 0.6) is 0 Å². The molecule has 5 aromatic carbocycles. The van der Waals surface area contributed by atoms with E-state index in [-0.39, 0.29) is 0 Å². The Morgan fingerprint density at radius 1 is 0.541 bits per heavy atom. The van der Waals surface area contributed by atoms with Gasteiger partial charge >= 0.3 is 0 Å². The van der Waals surface area contributed by atoms with Crippen molar-refractivity contribution >= 4 is 54.5 Å². The van der Waals surface area contributed by atoms with Crippen molar-refractivity contribution in [3.63, 3.8) is 0 Å². The van der Waals surface area contributed by atoms with E-state index < -0.39 is 0 Å². The second-order valence-electron chi connectivity index (χ2n) is 9.40. The summed E-state index contributed by atoms with van der Waals surface area (Å²) in [5.41, 5.74) is 7.87. The molecular formula is C34H20N2O.